The lowest BCUT2D eigenvalue weighted by atomic mass is 10.2. The molecule has 0 atom stereocenters. The predicted octanol–water partition coefficient (Wildman–Crippen LogP) is 7.81. The van der Waals surface area contributed by atoms with Gasteiger partial charge >= 0.3 is 7.82 Å². The molecule has 2 aromatic carbocycles. The van der Waals surface area contributed by atoms with Crippen LogP contribution in [0, 0.1) is 0 Å². The molecule has 0 bridgehead atoms. The number of rotatable bonds is 7. The van der Waals surface area contributed by atoms with Gasteiger partial charge in [0, 0.05) is 20.8 Å². The zero-order chi connectivity index (χ0) is 26.2. The molecular weight excluding hydrogens is 536 g/mol. The van der Waals surface area contributed by atoms with E-state index in [1.54, 1.807) is 77.9 Å². The van der Waals surface area contributed by atoms with E-state index in [0.717, 1.165) is 0 Å². The first-order valence-electron chi connectivity index (χ1n) is 10.6. The summed E-state index contributed by atoms with van der Waals surface area (Å²) in [5.74, 6) is 0.0844. The summed E-state index contributed by atoms with van der Waals surface area (Å²) in [5.41, 5.74) is -1.31. The van der Waals surface area contributed by atoms with Crippen LogP contribution in [0.4, 0.5) is 11.6 Å². The van der Waals surface area contributed by atoms with Crippen LogP contribution in [0.15, 0.2) is 41.2 Å². The van der Waals surface area contributed by atoms with Gasteiger partial charge in [0.15, 0.2) is 0 Å². The summed E-state index contributed by atoms with van der Waals surface area (Å²) in [6, 6.07) is 9.50. The first-order chi connectivity index (χ1) is 16.0. The lowest BCUT2D eigenvalue weighted by Crippen LogP contribution is -2.28. The number of benzene rings is 2. The van der Waals surface area contributed by atoms with Crippen molar-refractivity contribution in [1.82, 2.24) is 9.55 Å². The Morgan fingerprint density at radius 2 is 1.49 bits per heavy atom. The molecule has 1 heterocycles. The van der Waals surface area contributed by atoms with Gasteiger partial charge in [0.2, 0.25) is 5.95 Å². The second-order valence-corrected chi connectivity index (χ2v) is 12.6. The fraction of sp³-hybridized carbons (Fsp3) is 0.391. The number of hydrogen-bond acceptors (Lipinski definition) is 7. The van der Waals surface area contributed by atoms with Crippen molar-refractivity contribution in [3.05, 3.63) is 61.8 Å². The molecule has 190 valence electrons. The van der Waals surface area contributed by atoms with Gasteiger partial charge in [-0.2, -0.15) is 0 Å². The molecule has 1 aromatic heterocycles. The molecule has 0 saturated heterocycles. The van der Waals surface area contributed by atoms with E-state index in [1.807, 2.05) is 0 Å². The molecule has 1 N–H and O–H groups in total. The van der Waals surface area contributed by atoms with Crippen LogP contribution in [-0.2, 0) is 24.9 Å². The monoisotopic (exact) mass is 561 g/mol. The summed E-state index contributed by atoms with van der Waals surface area (Å²) in [4.78, 5) is 17.9. The van der Waals surface area contributed by atoms with Gasteiger partial charge < -0.3 is 5.32 Å². The highest BCUT2D eigenvalue weighted by Crippen LogP contribution is 2.55. The molecule has 0 aliphatic heterocycles. The van der Waals surface area contributed by atoms with Crippen molar-refractivity contribution in [2.24, 2.45) is 0 Å². The fourth-order valence-corrected chi connectivity index (χ4v) is 5.47. The quantitative estimate of drug-likeness (QED) is 0.294. The van der Waals surface area contributed by atoms with Crippen LogP contribution in [0.5, 0.6) is 0 Å². The van der Waals surface area contributed by atoms with Crippen molar-refractivity contribution < 1.29 is 18.1 Å². The molecule has 0 radical (unpaired) electrons. The second kappa shape index (κ2) is 10.4. The normalized spacial score (nSPS) is 12.8. The van der Waals surface area contributed by atoms with Gasteiger partial charge in [-0.05, 0) is 77.9 Å². The highest BCUT2D eigenvalue weighted by molar-refractivity contribution is 7.48. The molecule has 0 amide bonds. The van der Waals surface area contributed by atoms with E-state index >= 15 is 0 Å². The van der Waals surface area contributed by atoms with Crippen LogP contribution in [0.1, 0.15) is 41.5 Å². The number of anilines is 2. The lowest BCUT2D eigenvalue weighted by molar-refractivity contribution is -0.00626. The molecule has 8 nitrogen and oxygen atoms in total. The molecule has 0 saturated carbocycles. The molecule has 0 spiro atoms. The first kappa shape index (κ1) is 27.9. The maximum Gasteiger partial charge on any atom is 0.477 e. The minimum absolute atomic E-state index is 0.0844. The Balaban J connectivity index is 2.08. The number of aromatic nitrogens is 2. The highest BCUT2D eigenvalue weighted by Gasteiger charge is 2.37. The number of fused-ring (bicyclic) bond motifs is 1. The van der Waals surface area contributed by atoms with Crippen LogP contribution >= 0.6 is 42.6 Å². The molecule has 0 aliphatic carbocycles. The highest BCUT2D eigenvalue weighted by atomic mass is 35.5. The van der Waals surface area contributed by atoms with E-state index in [-0.39, 0.29) is 11.3 Å². The fourth-order valence-electron chi connectivity index (χ4n) is 3.04. The second-order valence-electron chi connectivity index (χ2n) is 9.73. The van der Waals surface area contributed by atoms with E-state index in [2.05, 4.69) is 10.3 Å². The van der Waals surface area contributed by atoms with Crippen molar-refractivity contribution in [3.63, 3.8) is 0 Å². The van der Waals surface area contributed by atoms with Gasteiger partial charge in [0.25, 0.3) is 5.56 Å². The number of nitrogens with zero attached hydrogens (tertiary/aromatic N) is 2. The van der Waals surface area contributed by atoms with Crippen molar-refractivity contribution >= 4 is 65.2 Å². The van der Waals surface area contributed by atoms with E-state index < -0.39 is 31.3 Å². The van der Waals surface area contributed by atoms with E-state index in [0.29, 0.717) is 26.3 Å². The Morgan fingerprint density at radius 3 is 2.03 bits per heavy atom. The molecule has 12 heteroatoms. The minimum atomic E-state index is -4.11. The predicted molar refractivity (Wildman–Crippen MR) is 141 cm³/mol. The van der Waals surface area contributed by atoms with Crippen LogP contribution in [0.2, 0.25) is 15.1 Å². The van der Waals surface area contributed by atoms with Crippen LogP contribution in [-0.4, -0.2) is 20.8 Å². The number of nitrogens with one attached hydrogen (secondary N) is 1. The van der Waals surface area contributed by atoms with Gasteiger partial charge in [-0.3, -0.25) is 22.9 Å². The zero-order valence-corrected chi connectivity index (χ0v) is 23.4. The standard InChI is InChI=1S/C23H27Cl3N3O5P/c1-22(2,3)33-35(31,34-23(4,5)6)32-13-29-20(30)18-8-7-14(24)12-19(18)28-21(29)27-17-10-15(25)9-16(26)11-17/h7-12H,13H2,1-6H3,(H,27,28). The van der Waals surface area contributed by atoms with Crippen LogP contribution in [0.25, 0.3) is 10.9 Å². The van der Waals surface area contributed by atoms with Crippen molar-refractivity contribution in [1.29, 1.82) is 0 Å². The third kappa shape index (κ3) is 7.92. The first-order valence-corrected chi connectivity index (χ1v) is 13.2. The van der Waals surface area contributed by atoms with Gasteiger partial charge in [0.1, 0.15) is 6.73 Å². The Kier molecular flexibility index (Phi) is 8.29. The molecule has 35 heavy (non-hydrogen) atoms. The number of halogens is 3. The third-order valence-electron chi connectivity index (χ3n) is 4.15. The van der Waals surface area contributed by atoms with Gasteiger partial charge in [-0.25, -0.2) is 9.55 Å². The summed E-state index contributed by atoms with van der Waals surface area (Å²) < 4.78 is 31.7. The van der Waals surface area contributed by atoms with Crippen molar-refractivity contribution in [2.45, 2.75) is 59.5 Å². The Labute approximate surface area is 219 Å². The average molecular weight is 563 g/mol. The summed E-state index contributed by atoms with van der Waals surface area (Å²) in [6.45, 7) is 9.84. The summed E-state index contributed by atoms with van der Waals surface area (Å²) in [7, 11) is -4.11. The molecule has 0 fully saturated rings. The molecule has 3 aromatic rings. The Morgan fingerprint density at radius 1 is 0.914 bits per heavy atom. The van der Waals surface area contributed by atoms with Crippen LogP contribution < -0.4 is 10.9 Å². The lowest BCUT2D eigenvalue weighted by Gasteiger charge is -2.31. The molecule has 3 rings (SSSR count). The van der Waals surface area contributed by atoms with Gasteiger partial charge in [0.05, 0.1) is 22.1 Å². The van der Waals surface area contributed by atoms with Gasteiger partial charge in [-0.15, -0.1) is 0 Å². The van der Waals surface area contributed by atoms with E-state index in [9.17, 15) is 9.36 Å². The molecular formula is C23H27Cl3N3O5P. The SMILES string of the molecule is CC(C)(C)OP(=O)(OCn1c(Nc2cc(Cl)cc(Cl)c2)nc2cc(Cl)ccc2c1=O)OC(C)(C)C. The van der Waals surface area contributed by atoms with Crippen molar-refractivity contribution in [3.8, 4) is 0 Å². The minimum Gasteiger partial charge on any atom is -0.325 e. The zero-order valence-electron chi connectivity index (χ0n) is 20.2. The summed E-state index contributed by atoms with van der Waals surface area (Å²) in [5, 5.41) is 4.50. The Bertz CT molecular complexity index is 1310. The van der Waals surface area contributed by atoms with E-state index in [1.165, 1.54) is 4.57 Å². The maximum absolute atomic E-state index is 13.5. The number of phosphoric ester groups is 1. The number of phosphoric acid groups is 1. The van der Waals surface area contributed by atoms with Gasteiger partial charge in [-0.1, -0.05) is 34.8 Å². The smallest absolute Gasteiger partial charge is 0.325 e. The third-order valence-corrected chi connectivity index (χ3v) is 6.80. The largest absolute Gasteiger partial charge is 0.477 e. The summed E-state index contributed by atoms with van der Waals surface area (Å²) >= 11 is 18.4. The summed E-state index contributed by atoms with van der Waals surface area (Å²) in [6.07, 6.45) is 0. The van der Waals surface area contributed by atoms with Crippen molar-refractivity contribution in [2.75, 3.05) is 5.32 Å². The van der Waals surface area contributed by atoms with E-state index in [4.69, 9.17) is 48.4 Å². The molecule has 0 aliphatic rings. The topological polar surface area (TPSA) is 91.7 Å². The maximum atomic E-state index is 13.5. The Hall–Kier alpha value is -1.64. The van der Waals surface area contributed by atoms with Crippen LogP contribution in [0.3, 0.4) is 0 Å². The molecule has 0 unspecified atom stereocenters. The number of hydrogen-bond donors (Lipinski definition) is 1. The average Bonchev–Trinajstić information content (AvgIpc) is 2.63.